The zero-order chi connectivity index (χ0) is 11.6. The van der Waals surface area contributed by atoms with E-state index in [0.29, 0.717) is 8.45 Å². The van der Waals surface area contributed by atoms with Crippen molar-refractivity contribution < 1.29 is 18.0 Å². The van der Waals surface area contributed by atoms with Gasteiger partial charge in [0.2, 0.25) is 0 Å². The monoisotopic (exact) mass is 349 g/mol. The largest absolute Gasteiger partial charge is 0.408 e. The molecule has 1 heterocycles. The van der Waals surface area contributed by atoms with Crippen LogP contribution in [0.5, 0.6) is 0 Å². The van der Waals surface area contributed by atoms with Crippen molar-refractivity contribution in [2.24, 2.45) is 0 Å². The van der Waals surface area contributed by atoms with E-state index in [2.05, 4.69) is 0 Å². The number of amides is 1. The maximum absolute atomic E-state index is 12.1. The molecule has 84 valence electrons. The standard InChI is InChI=1S/C8H7F3INOS/c1-4(8(9,10)11)13-7(14)6-5(12)2-3-15-6/h2-4H,1H3,(H,13,14). The molecule has 0 bridgehead atoms. The van der Waals surface area contributed by atoms with E-state index >= 15 is 0 Å². The van der Waals surface area contributed by atoms with Gasteiger partial charge in [0, 0.05) is 3.57 Å². The first-order valence-electron chi connectivity index (χ1n) is 3.93. The second kappa shape index (κ2) is 4.69. The van der Waals surface area contributed by atoms with E-state index < -0.39 is 18.1 Å². The zero-order valence-electron chi connectivity index (χ0n) is 7.56. The number of thiophene rings is 1. The maximum atomic E-state index is 12.1. The second-order valence-corrected chi connectivity index (χ2v) is 4.91. The van der Waals surface area contributed by atoms with E-state index in [9.17, 15) is 18.0 Å². The van der Waals surface area contributed by atoms with Gasteiger partial charge in [0.25, 0.3) is 5.91 Å². The number of hydrogen-bond acceptors (Lipinski definition) is 2. The summed E-state index contributed by atoms with van der Waals surface area (Å²) in [7, 11) is 0. The molecule has 1 aromatic heterocycles. The highest BCUT2D eigenvalue weighted by Crippen LogP contribution is 2.22. The smallest absolute Gasteiger partial charge is 0.340 e. The van der Waals surface area contributed by atoms with Crippen molar-refractivity contribution >= 4 is 39.8 Å². The molecule has 1 atom stereocenters. The molecule has 1 unspecified atom stereocenters. The van der Waals surface area contributed by atoms with Crippen LogP contribution < -0.4 is 5.32 Å². The molecule has 0 spiro atoms. The molecule has 1 amide bonds. The lowest BCUT2D eigenvalue weighted by Crippen LogP contribution is -2.43. The van der Waals surface area contributed by atoms with Gasteiger partial charge in [-0.1, -0.05) is 0 Å². The summed E-state index contributed by atoms with van der Waals surface area (Å²) < 4.78 is 37.1. The summed E-state index contributed by atoms with van der Waals surface area (Å²) in [4.78, 5) is 11.7. The van der Waals surface area contributed by atoms with Gasteiger partial charge in [0.1, 0.15) is 10.9 Å². The predicted octanol–water partition coefficient (Wildman–Crippen LogP) is 3.03. The maximum Gasteiger partial charge on any atom is 0.408 e. The van der Waals surface area contributed by atoms with Crippen molar-refractivity contribution in [3.63, 3.8) is 0 Å². The molecule has 0 saturated heterocycles. The average molecular weight is 349 g/mol. The third-order valence-corrected chi connectivity index (χ3v) is 3.84. The van der Waals surface area contributed by atoms with Crippen LogP contribution in [0.15, 0.2) is 11.4 Å². The normalized spacial score (nSPS) is 13.7. The minimum absolute atomic E-state index is 0.312. The number of halogens is 4. The summed E-state index contributed by atoms with van der Waals surface area (Å²) in [5, 5.41) is 3.57. The molecular formula is C8H7F3INOS. The van der Waals surface area contributed by atoms with Crippen molar-refractivity contribution in [1.82, 2.24) is 5.32 Å². The summed E-state index contributed by atoms with van der Waals surface area (Å²) in [5.74, 6) is -0.681. The Hall–Kier alpha value is -0.310. The fraction of sp³-hybridized carbons (Fsp3) is 0.375. The molecule has 0 aromatic carbocycles. The van der Waals surface area contributed by atoms with Gasteiger partial charge >= 0.3 is 6.18 Å². The van der Waals surface area contributed by atoms with Crippen LogP contribution >= 0.6 is 33.9 Å². The SMILES string of the molecule is CC(NC(=O)c1sccc1I)C(F)(F)F. The van der Waals surface area contributed by atoms with E-state index in [4.69, 9.17) is 0 Å². The van der Waals surface area contributed by atoms with Gasteiger partial charge in [0.05, 0.1) is 0 Å². The number of carbonyl (C=O) groups excluding carboxylic acids is 1. The van der Waals surface area contributed by atoms with Gasteiger partial charge in [-0.05, 0) is 41.0 Å². The number of alkyl halides is 3. The first-order chi connectivity index (χ1) is 6.82. The van der Waals surface area contributed by atoms with Gasteiger partial charge < -0.3 is 5.32 Å². The first kappa shape index (κ1) is 12.8. The van der Waals surface area contributed by atoms with Crippen molar-refractivity contribution in [3.8, 4) is 0 Å². The van der Waals surface area contributed by atoms with Crippen LogP contribution in [0.3, 0.4) is 0 Å². The van der Waals surface area contributed by atoms with Crippen molar-refractivity contribution in [2.75, 3.05) is 0 Å². The number of rotatable bonds is 2. The average Bonchev–Trinajstić information content (AvgIpc) is 2.49. The van der Waals surface area contributed by atoms with Crippen molar-refractivity contribution in [2.45, 2.75) is 19.1 Å². The highest BCUT2D eigenvalue weighted by Gasteiger charge is 2.37. The van der Waals surface area contributed by atoms with E-state index in [-0.39, 0.29) is 0 Å². The van der Waals surface area contributed by atoms with Crippen LogP contribution in [0.2, 0.25) is 0 Å². The summed E-state index contributed by atoms with van der Waals surface area (Å²) in [6.45, 7) is 0.915. The fourth-order valence-electron chi connectivity index (χ4n) is 0.800. The molecule has 7 heteroatoms. The van der Waals surface area contributed by atoms with Crippen LogP contribution in [0, 0.1) is 3.57 Å². The molecule has 2 nitrogen and oxygen atoms in total. The van der Waals surface area contributed by atoms with E-state index in [1.54, 1.807) is 11.4 Å². The minimum Gasteiger partial charge on any atom is -0.340 e. The third-order valence-electron chi connectivity index (χ3n) is 1.66. The molecule has 1 rings (SSSR count). The minimum atomic E-state index is -4.40. The predicted molar refractivity (Wildman–Crippen MR) is 60.0 cm³/mol. The third kappa shape index (κ3) is 3.33. The highest BCUT2D eigenvalue weighted by molar-refractivity contribution is 14.1. The lowest BCUT2D eigenvalue weighted by atomic mass is 10.3. The Morgan fingerprint density at radius 2 is 2.20 bits per heavy atom. The van der Waals surface area contributed by atoms with Gasteiger partial charge in [-0.15, -0.1) is 11.3 Å². The Morgan fingerprint density at radius 3 is 2.60 bits per heavy atom. The summed E-state index contributed by atoms with van der Waals surface area (Å²) in [6.07, 6.45) is -4.40. The lowest BCUT2D eigenvalue weighted by Gasteiger charge is -2.16. The lowest BCUT2D eigenvalue weighted by molar-refractivity contribution is -0.149. The first-order valence-corrected chi connectivity index (χ1v) is 5.88. The molecule has 0 aliphatic heterocycles. The Labute approximate surface area is 102 Å². The van der Waals surface area contributed by atoms with Crippen LogP contribution in [-0.4, -0.2) is 18.1 Å². The van der Waals surface area contributed by atoms with Crippen LogP contribution in [0.4, 0.5) is 13.2 Å². The molecule has 1 N–H and O–H groups in total. The molecular weight excluding hydrogens is 342 g/mol. The molecule has 0 aliphatic carbocycles. The number of carbonyl (C=O) groups is 1. The summed E-state index contributed by atoms with van der Waals surface area (Å²) in [6, 6.07) is -0.152. The molecule has 0 saturated carbocycles. The van der Waals surface area contributed by atoms with Crippen molar-refractivity contribution in [1.29, 1.82) is 0 Å². The van der Waals surface area contributed by atoms with Crippen LogP contribution in [0.1, 0.15) is 16.6 Å². The second-order valence-electron chi connectivity index (χ2n) is 2.83. The fourth-order valence-corrected chi connectivity index (χ4v) is 2.54. The van der Waals surface area contributed by atoms with E-state index in [1.165, 1.54) is 0 Å². The Morgan fingerprint density at radius 1 is 1.60 bits per heavy atom. The number of hydrogen-bond donors (Lipinski definition) is 1. The van der Waals surface area contributed by atoms with Gasteiger partial charge in [-0.2, -0.15) is 13.2 Å². The molecule has 0 aliphatic rings. The quantitative estimate of drug-likeness (QED) is 0.818. The molecule has 15 heavy (non-hydrogen) atoms. The Bertz CT molecular complexity index is 363. The Balaban J connectivity index is 2.69. The highest BCUT2D eigenvalue weighted by atomic mass is 127. The molecule has 0 fully saturated rings. The topological polar surface area (TPSA) is 29.1 Å². The molecule has 0 radical (unpaired) electrons. The summed E-state index contributed by atoms with van der Waals surface area (Å²) >= 11 is 3.03. The zero-order valence-corrected chi connectivity index (χ0v) is 10.5. The van der Waals surface area contributed by atoms with Gasteiger partial charge in [-0.3, -0.25) is 4.79 Å². The van der Waals surface area contributed by atoms with E-state index in [0.717, 1.165) is 18.3 Å². The molecule has 1 aromatic rings. The van der Waals surface area contributed by atoms with Gasteiger partial charge in [-0.25, -0.2) is 0 Å². The Kier molecular flexibility index (Phi) is 3.99. The van der Waals surface area contributed by atoms with Crippen LogP contribution in [0.25, 0.3) is 0 Å². The summed E-state index contributed by atoms with van der Waals surface area (Å²) in [5.41, 5.74) is 0. The van der Waals surface area contributed by atoms with Gasteiger partial charge in [0.15, 0.2) is 0 Å². The van der Waals surface area contributed by atoms with E-state index in [1.807, 2.05) is 27.9 Å². The van der Waals surface area contributed by atoms with Crippen molar-refractivity contribution in [3.05, 3.63) is 19.9 Å². The van der Waals surface area contributed by atoms with Crippen LogP contribution in [-0.2, 0) is 0 Å². The number of nitrogens with one attached hydrogen (secondary N) is 1.